The van der Waals surface area contributed by atoms with Gasteiger partial charge in [-0.25, -0.2) is 9.29 Å². The monoisotopic (exact) mass is 806 g/mol. The number of fused-ring (bicyclic) bond motifs is 4. The lowest BCUT2D eigenvalue weighted by Gasteiger charge is -2.49. The molecule has 0 bridgehead atoms. The minimum atomic E-state index is -1.46. The van der Waals surface area contributed by atoms with Gasteiger partial charge >= 0.3 is 0 Å². The molecule has 1 N–H and O–H groups in total. The summed E-state index contributed by atoms with van der Waals surface area (Å²) in [7, 11) is 6.02. The van der Waals surface area contributed by atoms with Gasteiger partial charge in [0.15, 0.2) is 0 Å². The molecule has 1 saturated carbocycles. The number of benzene rings is 4. The molecule has 11 nitrogen and oxygen atoms in total. The predicted molar refractivity (Wildman–Crippen MR) is 215 cm³/mol. The molecule has 4 aliphatic rings. The maximum Gasteiger partial charge on any atom is 0.241 e. The number of rotatable bonds is 9. The van der Waals surface area contributed by atoms with Crippen LogP contribution in [0.1, 0.15) is 42.4 Å². The second kappa shape index (κ2) is 14.7. The van der Waals surface area contributed by atoms with Crippen molar-refractivity contribution in [1.82, 2.24) is 0 Å². The van der Waals surface area contributed by atoms with Gasteiger partial charge in [0.1, 0.15) is 34.6 Å². The molecule has 4 amide bonds. The van der Waals surface area contributed by atoms with Crippen LogP contribution in [-0.4, -0.2) is 57.2 Å². The third-order valence-corrected chi connectivity index (χ3v) is 12.6. The van der Waals surface area contributed by atoms with Gasteiger partial charge in [-0.2, -0.15) is 0 Å². The number of methoxy groups -OCH3 is 4. The zero-order chi connectivity index (χ0) is 41.2. The van der Waals surface area contributed by atoms with Crippen LogP contribution >= 0.6 is 11.6 Å². The zero-order valence-corrected chi connectivity index (χ0v) is 33.1. The van der Waals surface area contributed by atoms with E-state index < -0.39 is 58.5 Å². The minimum absolute atomic E-state index is 0.0864. The highest BCUT2D eigenvalue weighted by molar-refractivity contribution is 6.32. The first-order chi connectivity index (χ1) is 27.9. The number of carbonyl (C=O) groups excluding carboxylic acids is 4. The molecule has 0 aromatic heterocycles. The summed E-state index contributed by atoms with van der Waals surface area (Å²) < 4.78 is 36.7. The molecule has 2 heterocycles. The number of aromatic hydroxyl groups is 1. The van der Waals surface area contributed by atoms with Crippen molar-refractivity contribution in [3.05, 3.63) is 112 Å². The summed E-state index contributed by atoms with van der Waals surface area (Å²) in [6.45, 7) is 1.71. The number of anilines is 2. The van der Waals surface area contributed by atoms with Crippen LogP contribution in [0.3, 0.4) is 0 Å². The number of imide groups is 2. The molecule has 0 spiro atoms. The van der Waals surface area contributed by atoms with Crippen molar-refractivity contribution >= 4 is 58.8 Å². The van der Waals surface area contributed by atoms with Crippen LogP contribution in [0, 0.1) is 34.9 Å². The number of allylic oxidation sites excluding steroid dienone is 2. The fourth-order valence-electron chi connectivity index (χ4n) is 9.55. The first kappa shape index (κ1) is 38.7. The molecule has 4 aromatic rings. The van der Waals surface area contributed by atoms with E-state index in [0.717, 1.165) is 22.1 Å². The molecule has 6 atom stereocenters. The van der Waals surface area contributed by atoms with Crippen LogP contribution in [0.4, 0.5) is 15.8 Å². The first-order valence-corrected chi connectivity index (χ1v) is 19.1. The molecular formula is C45H40ClFN2O9. The SMILES string of the molecule is COc1ccc(OC)c(C=Cc2ccc(N3C(=O)C4CC=C5C(CC6C(=O)N(c7ccc(F)c(Cl)c7)C(=O)C6(C)C5c5c(OC)cc(O)cc5OC)C4C3=O)cc2)c1. The van der Waals surface area contributed by atoms with E-state index >= 15 is 0 Å². The molecule has 2 aliphatic heterocycles. The molecule has 298 valence electrons. The van der Waals surface area contributed by atoms with Crippen molar-refractivity contribution < 1.29 is 47.6 Å². The normalized spacial score (nSPS) is 25.1. The Kier molecular flexibility index (Phi) is 9.79. The quantitative estimate of drug-likeness (QED) is 0.102. The average Bonchev–Trinajstić information content (AvgIpc) is 3.60. The summed E-state index contributed by atoms with van der Waals surface area (Å²) in [5, 5.41) is 10.4. The van der Waals surface area contributed by atoms with Gasteiger partial charge in [0.25, 0.3) is 0 Å². The number of amides is 4. The van der Waals surface area contributed by atoms with Gasteiger partial charge < -0.3 is 24.1 Å². The van der Waals surface area contributed by atoms with Crippen molar-refractivity contribution in [3.63, 3.8) is 0 Å². The van der Waals surface area contributed by atoms with Gasteiger partial charge in [-0.05, 0) is 79.8 Å². The second-order valence-electron chi connectivity index (χ2n) is 15.1. The Bertz CT molecular complexity index is 2420. The molecule has 3 fully saturated rings. The summed E-state index contributed by atoms with van der Waals surface area (Å²) in [6.07, 6.45) is 5.98. The van der Waals surface area contributed by atoms with E-state index in [0.29, 0.717) is 28.3 Å². The number of phenolic OH excluding ortho intramolecular Hbond substituents is 1. The highest BCUT2D eigenvalue weighted by Gasteiger charge is 2.68. The number of hydrogen-bond acceptors (Lipinski definition) is 9. The Hall–Kier alpha value is -6.14. The van der Waals surface area contributed by atoms with E-state index in [1.807, 2.05) is 48.6 Å². The second-order valence-corrected chi connectivity index (χ2v) is 15.5. The fraction of sp³-hybridized carbons (Fsp3) is 0.289. The molecule has 4 aromatic carbocycles. The van der Waals surface area contributed by atoms with Gasteiger partial charge in [0.05, 0.1) is 68.0 Å². The molecule has 2 saturated heterocycles. The smallest absolute Gasteiger partial charge is 0.241 e. The third kappa shape index (κ3) is 5.91. The Balaban J connectivity index is 1.18. The largest absolute Gasteiger partial charge is 0.508 e. The van der Waals surface area contributed by atoms with E-state index in [2.05, 4.69) is 0 Å². The highest BCUT2D eigenvalue weighted by atomic mass is 35.5. The number of phenols is 1. The van der Waals surface area contributed by atoms with E-state index in [1.165, 1.54) is 43.4 Å². The van der Waals surface area contributed by atoms with Crippen molar-refractivity contribution in [3.8, 4) is 28.7 Å². The highest BCUT2D eigenvalue weighted by Crippen LogP contribution is 2.66. The standard InChI is InChI=1S/C45H40ClFN2O9/c1-45-32(42(52)49(44(45)54)26-12-16-34(47)33(46)19-26)22-31-29(40(45)39-36(57-4)20-27(50)21-37(39)58-5)14-15-30-38(31)43(53)48(41(30)51)25-10-7-23(8-11-25)6-9-24-18-28(55-2)13-17-35(24)56-3/h6-14,16-21,30-32,38,40,50H,15,22H2,1-5H3. The Morgan fingerprint density at radius 3 is 2.07 bits per heavy atom. The predicted octanol–water partition coefficient (Wildman–Crippen LogP) is 7.82. The van der Waals surface area contributed by atoms with Gasteiger partial charge in [0.2, 0.25) is 23.6 Å². The summed E-state index contributed by atoms with van der Waals surface area (Å²) >= 11 is 6.14. The summed E-state index contributed by atoms with van der Waals surface area (Å²) in [4.78, 5) is 60.6. The van der Waals surface area contributed by atoms with Crippen LogP contribution in [0.5, 0.6) is 28.7 Å². The molecule has 0 radical (unpaired) electrons. The maximum absolute atomic E-state index is 14.9. The zero-order valence-electron chi connectivity index (χ0n) is 32.3. The minimum Gasteiger partial charge on any atom is -0.508 e. The van der Waals surface area contributed by atoms with Crippen molar-refractivity contribution in [1.29, 1.82) is 0 Å². The van der Waals surface area contributed by atoms with E-state index in [9.17, 15) is 28.7 Å². The average molecular weight is 807 g/mol. The lowest BCUT2D eigenvalue weighted by Crippen LogP contribution is -2.49. The summed E-state index contributed by atoms with van der Waals surface area (Å²) in [6, 6.07) is 19.0. The molecule has 58 heavy (non-hydrogen) atoms. The van der Waals surface area contributed by atoms with Crippen LogP contribution < -0.4 is 28.7 Å². The number of halogens is 2. The molecular weight excluding hydrogens is 767 g/mol. The number of ether oxygens (including phenoxy) is 4. The first-order valence-electron chi connectivity index (χ1n) is 18.7. The van der Waals surface area contributed by atoms with Crippen LogP contribution in [0.25, 0.3) is 12.2 Å². The van der Waals surface area contributed by atoms with E-state index in [-0.39, 0.29) is 46.7 Å². The van der Waals surface area contributed by atoms with E-state index in [1.54, 1.807) is 33.3 Å². The summed E-state index contributed by atoms with van der Waals surface area (Å²) in [5.74, 6) is -5.00. The topological polar surface area (TPSA) is 132 Å². The van der Waals surface area contributed by atoms with Crippen LogP contribution in [-0.2, 0) is 19.2 Å². The van der Waals surface area contributed by atoms with Crippen LogP contribution in [0.2, 0.25) is 5.02 Å². The molecule has 6 unspecified atom stereocenters. The fourth-order valence-corrected chi connectivity index (χ4v) is 9.72. The lowest BCUT2D eigenvalue weighted by atomic mass is 9.51. The van der Waals surface area contributed by atoms with Crippen molar-refractivity contribution in [2.75, 3.05) is 38.2 Å². The van der Waals surface area contributed by atoms with Gasteiger partial charge in [-0.15, -0.1) is 0 Å². The van der Waals surface area contributed by atoms with E-state index in [4.69, 9.17) is 30.5 Å². The molecule has 8 rings (SSSR count). The Morgan fingerprint density at radius 1 is 0.759 bits per heavy atom. The maximum atomic E-state index is 14.9. The summed E-state index contributed by atoms with van der Waals surface area (Å²) in [5.41, 5.74) is 1.78. The third-order valence-electron chi connectivity index (χ3n) is 12.3. The Labute approximate surface area is 339 Å². The van der Waals surface area contributed by atoms with Crippen molar-refractivity contribution in [2.45, 2.75) is 25.7 Å². The van der Waals surface area contributed by atoms with Gasteiger partial charge in [-0.3, -0.25) is 24.1 Å². The van der Waals surface area contributed by atoms with Crippen LogP contribution in [0.15, 0.2) is 84.4 Å². The number of hydrogen-bond donors (Lipinski definition) is 1. The van der Waals surface area contributed by atoms with Gasteiger partial charge in [0, 0.05) is 29.2 Å². The number of carbonyl (C=O) groups is 4. The molecule has 13 heteroatoms. The van der Waals surface area contributed by atoms with Crippen molar-refractivity contribution in [2.24, 2.45) is 29.1 Å². The number of nitrogens with zero attached hydrogens (tertiary/aromatic N) is 2. The Morgan fingerprint density at radius 2 is 1.43 bits per heavy atom. The van der Waals surface area contributed by atoms with Gasteiger partial charge in [-0.1, -0.05) is 47.5 Å². The molecule has 2 aliphatic carbocycles. The lowest BCUT2D eigenvalue weighted by molar-refractivity contribution is -0.131.